The molecule has 1 saturated carbocycles. The fourth-order valence-corrected chi connectivity index (χ4v) is 2.59. The van der Waals surface area contributed by atoms with Gasteiger partial charge in [-0.3, -0.25) is 4.98 Å². The maximum atomic E-state index is 4.69. The standard InChI is InChI=1S/C18H31N3/c1-5-11-19-15(4)18-9-8-17(13-20-18)21(16-6-7-16)12-10-14(2)3/h8-9,13-16,19H,5-7,10-12H2,1-4H3. The van der Waals surface area contributed by atoms with Crippen LogP contribution in [0, 0.1) is 5.92 Å². The van der Waals surface area contributed by atoms with Gasteiger partial charge in [0.25, 0.3) is 0 Å². The number of hydrogen-bond donors (Lipinski definition) is 1. The fourth-order valence-electron chi connectivity index (χ4n) is 2.59. The van der Waals surface area contributed by atoms with Gasteiger partial charge in [-0.15, -0.1) is 0 Å². The Bertz CT molecular complexity index is 409. The smallest absolute Gasteiger partial charge is 0.0572 e. The van der Waals surface area contributed by atoms with Crippen LogP contribution in [0.15, 0.2) is 18.3 Å². The Morgan fingerprint density at radius 3 is 2.57 bits per heavy atom. The molecule has 1 heterocycles. The number of rotatable bonds is 9. The summed E-state index contributed by atoms with van der Waals surface area (Å²) in [5.41, 5.74) is 2.44. The van der Waals surface area contributed by atoms with Crippen LogP contribution in [0.1, 0.15) is 65.1 Å². The lowest BCUT2D eigenvalue weighted by atomic mass is 10.1. The molecule has 0 radical (unpaired) electrons. The minimum absolute atomic E-state index is 0.337. The van der Waals surface area contributed by atoms with Crippen molar-refractivity contribution in [2.75, 3.05) is 18.0 Å². The third-order valence-electron chi connectivity index (χ3n) is 4.18. The first-order valence-corrected chi connectivity index (χ1v) is 8.57. The molecule has 0 amide bonds. The SMILES string of the molecule is CCCNC(C)c1ccc(N(CCC(C)C)C2CC2)cn1. The second-order valence-corrected chi connectivity index (χ2v) is 6.72. The van der Waals surface area contributed by atoms with Crippen LogP contribution in [-0.4, -0.2) is 24.1 Å². The molecule has 1 aliphatic carbocycles. The second-order valence-electron chi connectivity index (χ2n) is 6.72. The predicted octanol–water partition coefficient (Wildman–Crippen LogP) is 4.16. The highest BCUT2D eigenvalue weighted by atomic mass is 15.2. The largest absolute Gasteiger partial charge is 0.367 e. The molecule has 1 aromatic rings. The van der Waals surface area contributed by atoms with Gasteiger partial charge in [0.2, 0.25) is 0 Å². The summed E-state index contributed by atoms with van der Waals surface area (Å²) in [6.45, 7) is 11.2. The molecular formula is C18H31N3. The molecule has 1 unspecified atom stereocenters. The molecule has 0 aromatic carbocycles. The van der Waals surface area contributed by atoms with Crippen molar-refractivity contribution in [3.05, 3.63) is 24.0 Å². The number of aromatic nitrogens is 1. The van der Waals surface area contributed by atoms with Gasteiger partial charge in [-0.2, -0.15) is 0 Å². The van der Waals surface area contributed by atoms with Crippen molar-refractivity contribution in [2.45, 2.75) is 65.5 Å². The molecule has 118 valence electrons. The van der Waals surface area contributed by atoms with Gasteiger partial charge in [0.1, 0.15) is 0 Å². The normalized spacial score (nSPS) is 16.2. The number of nitrogens with zero attached hydrogens (tertiary/aromatic N) is 2. The lowest BCUT2D eigenvalue weighted by Crippen LogP contribution is -2.28. The van der Waals surface area contributed by atoms with Crippen LogP contribution in [0.3, 0.4) is 0 Å². The van der Waals surface area contributed by atoms with Crippen LogP contribution in [0.2, 0.25) is 0 Å². The number of hydrogen-bond acceptors (Lipinski definition) is 3. The van der Waals surface area contributed by atoms with Crippen molar-refractivity contribution >= 4 is 5.69 Å². The highest BCUT2D eigenvalue weighted by Crippen LogP contribution is 2.32. The van der Waals surface area contributed by atoms with Crippen LogP contribution in [0.25, 0.3) is 0 Å². The van der Waals surface area contributed by atoms with Gasteiger partial charge < -0.3 is 10.2 Å². The van der Waals surface area contributed by atoms with Crippen LogP contribution in [0.5, 0.6) is 0 Å². The van der Waals surface area contributed by atoms with Gasteiger partial charge in [0, 0.05) is 18.6 Å². The number of nitrogens with one attached hydrogen (secondary N) is 1. The Kier molecular flexibility index (Phi) is 6.04. The molecule has 1 N–H and O–H groups in total. The van der Waals surface area contributed by atoms with E-state index in [1.54, 1.807) is 0 Å². The molecule has 1 aliphatic rings. The van der Waals surface area contributed by atoms with Crippen molar-refractivity contribution in [3.8, 4) is 0 Å². The molecular weight excluding hydrogens is 258 g/mol. The molecule has 0 aliphatic heterocycles. The summed E-state index contributed by atoms with van der Waals surface area (Å²) >= 11 is 0. The van der Waals surface area contributed by atoms with E-state index in [9.17, 15) is 0 Å². The van der Waals surface area contributed by atoms with Crippen molar-refractivity contribution in [2.24, 2.45) is 5.92 Å². The van der Waals surface area contributed by atoms with Gasteiger partial charge in [-0.05, 0) is 57.2 Å². The minimum atomic E-state index is 0.337. The van der Waals surface area contributed by atoms with Crippen molar-refractivity contribution in [1.29, 1.82) is 0 Å². The maximum Gasteiger partial charge on any atom is 0.0572 e. The van der Waals surface area contributed by atoms with Crippen LogP contribution in [-0.2, 0) is 0 Å². The van der Waals surface area contributed by atoms with Crippen LogP contribution in [0.4, 0.5) is 5.69 Å². The van der Waals surface area contributed by atoms with E-state index in [4.69, 9.17) is 0 Å². The van der Waals surface area contributed by atoms with Gasteiger partial charge in [0.05, 0.1) is 17.6 Å². The third kappa shape index (κ3) is 4.99. The van der Waals surface area contributed by atoms with E-state index in [-0.39, 0.29) is 0 Å². The summed E-state index contributed by atoms with van der Waals surface area (Å²) in [4.78, 5) is 7.24. The van der Waals surface area contributed by atoms with Gasteiger partial charge in [-0.1, -0.05) is 20.8 Å². The summed E-state index contributed by atoms with van der Waals surface area (Å²) in [7, 11) is 0. The molecule has 21 heavy (non-hydrogen) atoms. The molecule has 0 saturated heterocycles. The molecule has 3 nitrogen and oxygen atoms in total. The highest BCUT2D eigenvalue weighted by Gasteiger charge is 2.29. The fraction of sp³-hybridized carbons (Fsp3) is 0.722. The van der Waals surface area contributed by atoms with E-state index in [0.717, 1.165) is 37.2 Å². The Hall–Kier alpha value is -1.09. The Morgan fingerprint density at radius 1 is 1.29 bits per heavy atom. The molecule has 2 rings (SSSR count). The number of anilines is 1. The Morgan fingerprint density at radius 2 is 2.05 bits per heavy atom. The predicted molar refractivity (Wildman–Crippen MR) is 90.8 cm³/mol. The van der Waals surface area contributed by atoms with Crippen LogP contribution >= 0.6 is 0 Å². The monoisotopic (exact) mass is 289 g/mol. The topological polar surface area (TPSA) is 28.2 Å². The lowest BCUT2D eigenvalue weighted by molar-refractivity contribution is 0.557. The zero-order valence-corrected chi connectivity index (χ0v) is 14.1. The van der Waals surface area contributed by atoms with E-state index in [2.05, 4.69) is 61.2 Å². The van der Waals surface area contributed by atoms with E-state index in [1.165, 1.54) is 24.9 Å². The first-order valence-electron chi connectivity index (χ1n) is 8.57. The van der Waals surface area contributed by atoms with Gasteiger partial charge >= 0.3 is 0 Å². The average Bonchev–Trinajstić information content (AvgIpc) is 3.30. The summed E-state index contributed by atoms with van der Waals surface area (Å²) in [6, 6.07) is 5.54. The average molecular weight is 289 g/mol. The van der Waals surface area contributed by atoms with Crippen molar-refractivity contribution in [3.63, 3.8) is 0 Å². The van der Waals surface area contributed by atoms with Gasteiger partial charge in [0.15, 0.2) is 0 Å². The zero-order valence-electron chi connectivity index (χ0n) is 14.1. The molecule has 0 bridgehead atoms. The highest BCUT2D eigenvalue weighted by molar-refractivity contribution is 5.47. The molecule has 1 aromatic heterocycles. The first-order chi connectivity index (χ1) is 10.1. The van der Waals surface area contributed by atoms with Crippen molar-refractivity contribution in [1.82, 2.24) is 10.3 Å². The minimum Gasteiger partial charge on any atom is -0.367 e. The Labute approximate surface area is 130 Å². The van der Waals surface area contributed by atoms with E-state index in [0.29, 0.717) is 6.04 Å². The maximum absolute atomic E-state index is 4.69. The van der Waals surface area contributed by atoms with E-state index in [1.807, 2.05) is 0 Å². The third-order valence-corrected chi connectivity index (χ3v) is 4.18. The summed E-state index contributed by atoms with van der Waals surface area (Å²) in [5.74, 6) is 0.761. The second kappa shape index (κ2) is 7.79. The van der Waals surface area contributed by atoms with Gasteiger partial charge in [-0.25, -0.2) is 0 Å². The number of pyridine rings is 1. The summed E-state index contributed by atoms with van der Waals surface area (Å²) in [6.07, 6.45) is 7.17. The quantitative estimate of drug-likeness (QED) is 0.740. The molecule has 1 fully saturated rings. The molecule has 0 spiro atoms. The van der Waals surface area contributed by atoms with Crippen molar-refractivity contribution < 1.29 is 0 Å². The van der Waals surface area contributed by atoms with Crippen LogP contribution < -0.4 is 10.2 Å². The lowest BCUT2D eigenvalue weighted by Gasteiger charge is -2.25. The summed E-state index contributed by atoms with van der Waals surface area (Å²) < 4.78 is 0. The summed E-state index contributed by atoms with van der Waals surface area (Å²) in [5, 5.41) is 3.50. The first kappa shape index (κ1) is 16.3. The Balaban J connectivity index is 1.98. The molecule has 3 heteroatoms. The zero-order chi connectivity index (χ0) is 15.2. The van der Waals surface area contributed by atoms with E-state index < -0.39 is 0 Å². The van der Waals surface area contributed by atoms with E-state index >= 15 is 0 Å². The molecule has 1 atom stereocenters.